The van der Waals surface area contributed by atoms with E-state index in [1.807, 2.05) is 12.3 Å². The van der Waals surface area contributed by atoms with Crippen molar-refractivity contribution < 1.29 is 0 Å². The molecule has 1 heterocycles. The molecule has 4 nitrogen and oxygen atoms in total. The van der Waals surface area contributed by atoms with Crippen molar-refractivity contribution >= 4 is 40.8 Å². The summed E-state index contributed by atoms with van der Waals surface area (Å²) in [5, 5.41) is 7.91. The first-order chi connectivity index (χ1) is 12.4. The van der Waals surface area contributed by atoms with E-state index < -0.39 is 0 Å². The van der Waals surface area contributed by atoms with Crippen molar-refractivity contribution in [3.8, 4) is 0 Å². The summed E-state index contributed by atoms with van der Waals surface area (Å²) in [4.78, 5) is 8.80. The van der Waals surface area contributed by atoms with E-state index in [1.54, 1.807) is 7.05 Å². The Morgan fingerprint density at radius 1 is 0.962 bits per heavy atom. The first-order valence-corrected chi connectivity index (χ1v) is 8.68. The predicted molar refractivity (Wildman–Crippen MR) is 120 cm³/mol. The van der Waals surface area contributed by atoms with E-state index in [1.165, 1.54) is 11.1 Å². The Kier molecular flexibility index (Phi) is 8.34. The largest absolute Gasteiger partial charge is 0.356 e. The van der Waals surface area contributed by atoms with Gasteiger partial charge in [-0.25, -0.2) is 0 Å². The molecule has 0 saturated heterocycles. The van der Waals surface area contributed by atoms with Crippen LogP contribution >= 0.6 is 24.0 Å². The highest BCUT2D eigenvalue weighted by molar-refractivity contribution is 14.0. The molecule has 0 amide bonds. The van der Waals surface area contributed by atoms with Gasteiger partial charge in [0, 0.05) is 31.7 Å². The number of aryl methyl sites for hydroxylation is 1. The average molecular weight is 460 g/mol. The number of para-hydroxylation sites is 1. The van der Waals surface area contributed by atoms with Crippen LogP contribution in [0.25, 0.3) is 10.9 Å². The van der Waals surface area contributed by atoms with E-state index in [-0.39, 0.29) is 24.0 Å². The Labute approximate surface area is 172 Å². The monoisotopic (exact) mass is 460 g/mol. The van der Waals surface area contributed by atoms with Gasteiger partial charge in [0.15, 0.2) is 5.96 Å². The van der Waals surface area contributed by atoms with Crippen LogP contribution in [0.1, 0.15) is 17.5 Å². The van der Waals surface area contributed by atoms with Crippen LogP contribution in [-0.2, 0) is 13.0 Å². The minimum Gasteiger partial charge on any atom is -0.356 e. The number of aliphatic imine (C=N–C) groups is 1. The molecule has 0 saturated carbocycles. The molecule has 5 heteroatoms. The normalized spacial score (nSPS) is 11.0. The number of pyridine rings is 1. The number of hydrogen-bond acceptors (Lipinski definition) is 2. The molecular formula is C21H25IN4. The second-order valence-electron chi connectivity index (χ2n) is 5.93. The van der Waals surface area contributed by atoms with Crippen LogP contribution in [0.2, 0.25) is 0 Å². The fraction of sp³-hybridized carbons (Fsp3) is 0.238. The number of fused-ring (bicyclic) bond motifs is 1. The number of rotatable bonds is 6. The van der Waals surface area contributed by atoms with E-state index in [9.17, 15) is 0 Å². The number of halogens is 1. The van der Waals surface area contributed by atoms with Crippen LogP contribution in [0.4, 0.5) is 0 Å². The fourth-order valence-corrected chi connectivity index (χ4v) is 2.85. The molecule has 0 bridgehead atoms. The molecule has 0 unspecified atom stereocenters. The van der Waals surface area contributed by atoms with Gasteiger partial charge in [-0.3, -0.25) is 9.98 Å². The summed E-state index contributed by atoms with van der Waals surface area (Å²) in [6, 6.07) is 20.9. The molecule has 2 N–H and O–H groups in total. The van der Waals surface area contributed by atoms with Gasteiger partial charge in [0.1, 0.15) is 0 Å². The Hall–Kier alpha value is -2.15. The van der Waals surface area contributed by atoms with Gasteiger partial charge in [-0.2, -0.15) is 0 Å². The van der Waals surface area contributed by atoms with Gasteiger partial charge in [-0.1, -0.05) is 54.6 Å². The fourth-order valence-electron chi connectivity index (χ4n) is 2.85. The van der Waals surface area contributed by atoms with Crippen molar-refractivity contribution in [2.45, 2.75) is 19.4 Å². The van der Waals surface area contributed by atoms with Crippen molar-refractivity contribution in [3.05, 3.63) is 78.0 Å². The summed E-state index contributed by atoms with van der Waals surface area (Å²) in [5.74, 6) is 0.820. The minimum absolute atomic E-state index is 0. The Balaban J connectivity index is 0.00000243. The summed E-state index contributed by atoms with van der Waals surface area (Å²) in [6.07, 6.45) is 3.97. The molecule has 3 rings (SSSR count). The molecule has 0 fully saturated rings. The molecule has 0 atom stereocenters. The molecular weight excluding hydrogens is 435 g/mol. The first-order valence-electron chi connectivity index (χ1n) is 8.68. The predicted octanol–water partition coefficient (Wildman–Crippen LogP) is 4.15. The van der Waals surface area contributed by atoms with Crippen LogP contribution in [0, 0.1) is 0 Å². The number of nitrogens with one attached hydrogen (secondary N) is 2. The third-order valence-corrected chi connectivity index (χ3v) is 4.16. The summed E-state index contributed by atoms with van der Waals surface area (Å²) in [6.45, 7) is 1.59. The molecule has 0 aliphatic heterocycles. The number of guanidine groups is 1. The smallest absolute Gasteiger partial charge is 0.191 e. The first kappa shape index (κ1) is 20.2. The summed E-state index contributed by atoms with van der Waals surface area (Å²) in [5.41, 5.74) is 3.58. The van der Waals surface area contributed by atoms with E-state index in [0.29, 0.717) is 6.54 Å². The summed E-state index contributed by atoms with van der Waals surface area (Å²) < 4.78 is 0. The number of nitrogens with zero attached hydrogens (tertiary/aromatic N) is 2. The van der Waals surface area contributed by atoms with Gasteiger partial charge in [0.05, 0.1) is 5.52 Å². The maximum Gasteiger partial charge on any atom is 0.191 e. The van der Waals surface area contributed by atoms with E-state index in [0.717, 1.165) is 36.2 Å². The zero-order valence-electron chi connectivity index (χ0n) is 15.0. The van der Waals surface area contributed by atoms with E-state index in [2.05, 4.69) is 75.2 Å². The van der Waals surface area contributed by atoms with Gasteiger partial charge in [0.2, 0.25) is 0 Å². The van der Waals surface area contributed by atoms with Crippen molar-refractivity contribution in [3.63, 3.8) is 0 Å². The maximum absolute atomic E-state index is 4.49. The molecule has 1 aromatic heterocycles. The number of hydrogen-bond donors (Lipinski definition) is 2. The second-order valence-corrected chi connectivity index (χ2v) is 5.93. The standard InChI is InChI=1S/C21H24N4.HI/c1-22-21(24-15-6-10-17-8-3-2-4-9-17)25-16-19-12-5-11-18-13-7-14-23-20(18)19;/h2-5,7-9,11-14H,6,10,15-16H2,1H3,(H2,22,24,25);1H. The maximum atomic E-state index is 4.49. The van der Waals surface area contributed by atoms with E-state index in [4.69, 9.17) is 0 Å². The van der Waals surface area contributed by atoms with Crippen LogP contribution in [0.15, 0.2) is 71.9 Å². The van der Waals surface area contributed by atoms with Gasteiger partial charge in [0.25, 0.3) is 0 Å². The molecule has 26 heavy (non-hydrogen) atoms. The number of aromatic nitrogens is 1. The van der Waals surface area contributed by atoms with Crippen LogP contribution in [0.5, 0.6) is 0 Å². The van der Waals surface area contributed by atoms with Crippen molar-refractivity contribution in [2.75, 3.05) is 13.6 Å². The lowest BCUT2D eigenvalue weighted by atomic mass is 10.1. The Bertz CT molecular complexity index is 828. The quantitative estimate of drug-likeness (QED) is 0.252. The zero-order chi connectivity index (χ0) is 17.3. The molecule has 0 spiro atoms. The van der Waals surface area contributed by atoms with Crippen molar-refractivity contribution in [1.82, 2.24) is 15.6 Å². The Morgan fingerprint density at radius 3 is 2.58 bits per heavy atom. The molecule has 0 aliphatic carbocycles. The number of benzene rings is 2. The lowest BCUT2D eigenvalue weighted by molar-refractivity contribution is 0.742. The van der Waals surface area contributed by atoms with Gasteiger partial charge in [-0.05, 0) is 30.0 Å². The van der Waals surface area contributed by atoms with Gasteiger partial charge in [-0.15, -0.1) is 24.0 Å². The minimum atomic E-state index is 0. The summed E-state index contributed by atoms with van der Waals surface area (Å²) >= 11 is 0. The highest BCUT2D eigenvalue weighted by atomic mass is 127. The summed E-state index contributed by atoms with van der Waals surface area (Å²) in [7, 11) is 1.80. The zero-order valence-corrected chi connectivity index (χ0v) is 17.3. The highest BCUT2D eigenvalue weighted by Gasteiger charge is 2.03. The van der Waals surface area contributed by atoms with Crippen LogP contribution < -0.4 is 10.6 Å². The van der Waals surface area contributed by atoms with Crippen LogP contribution in [0.3, 0.4) is 0 Å². The Morgan fingerprint density at radius 2 is 1.77 bits per heavy atom. The lowest BCUT2D eigenvalue weighted by Gasteiger charge is -2.13. The third-order valence-electron chi connectivity index (χ3n) is 4.16. The SMILES string of the molecule is CN=C(NCCCc1ccccc1)NCc1cccc2cccnc12.I. The molecule has 136 valence electrons. The molecule has 0 radical (unpaired) electrons. The third kappa shape index (κ3) is 5.69. The average Bonchev–Trinajstić information content (AvgIpc) is 2.68. The lowest BCUT2D eigenvalue weighted by Crippen LogP contribution is -2.37. The molecule has 3 aromatic rings. The van der Waals surface area contributed by atoms with Crippen LogP contribution in [-0.4, -0.2) is 24.5 Å². The second kappa shape index (κ2) is 10.8. The highest BCUT2D eigenvalue weighted by Crippen LogP contribution is 2.15. The van der Waals surface area contributed by atoms with Gasteiger partial charge >= 0.3 is 0 Å². The molecule has 2 aromatic carbocycles. The molecule has 0 aliphatic rings. The van der Waals surface area contributed by atoms with Crippen molar-refractivity contribution in [2.24, 2.45) is 4.99 Å². The topological polar surface area (TPSA) is 49.3 Å². The van der Waals surface area contributed by atoms with E-state index >= 15 is 0 Å². The van der Waals surface area contributed by atoms with Crippen molar-refractivity contribution in [1.29, 1.82) is 0 Å². The van der Waals surface area contributed by atoms with Gasteiger partial charge < -0.3 is 10.6 Å².